The first-order valence-corrected chi connectivity index (χ1v) is 6.14. The summed E-state index contributed by atoms with van der Waals surface area (Å²) in [6.45, 7) is 0. The lowest BCUT2D eigenvalue weighted by atomic mass is 10.4. The molecule has 0 unspecified atom stereocenters. The highest BCUT2D eigenvalue weighted by atomic mass is 32.2. The van der Waals surface area contributed by atoms with Gasteiger partial charge < -0.3 is 0 Å². The van der Waals surface area contributed by atoms with E-state index in [1.165, 1.54) is 0 Å². The van der Waals surface area contributed by atoms with Crippen LogP contribution < -0.4 is 0 Å². The summed E-state index contributed by atoms with van der Waals surface area (Å²) in [5, 5.41) is 0. The third kappa shape index (κ3) is 4.51. The molecule has 5 nitrogen and oxygen atoms in total. The topological polar surface area (TPSA) is 72.8 Å². The Morgan fingerprint density at radius 1 is 0.812 bits per heavy atom. The van der Waals surface area contributed by atoms with E-state index in [-0.39, 0.29) is 0 Å². The Balaban J connectivity index is 0.000000165. The van der Waals surface area contributed by atoms with Crippen LogP contribution in [0.15, 0.2) is 0 Å². The molecule has 1 aromatic rings. The third-order valence-electron chi connectivity index (χ3n) is 1.71. The Morgan fingerprint density at radius 2 is 1.12 bits per heavy atom. The summed E-state index contributed by atoms with van der Waals surface area (Å²) in [7, 11) is -2.55. The molecule has 0 radical (unpaired) electrons. The predicted octanol–water partition coefficient (Wildman–Crippen LogP) is 0.484. The molecule has 2 rings (SSSR count). The second-order valence-corrected chi connectivity index (χ2v) is 5.31. The Bertz CT molecular complexity index is 403. The summed E-state index contributed by atoms with van der Waals surface area (Å²) < 4.78 is 55.9. The summed E-state index contributed by atoms with van der Waals surface area (Å²) in [4.78, 5) is 7.32. The van der Waals surface area contributed by atoms with E-state index in [4.69, 9.17) is 0 Å². The maximum absolute atomic E-state index is 11.7. The van der Waals surface area contributed by atoms with Crippen LogP contribution in [0, 0.1) is 18.2 Å². The van der Waals surface area contributed by atoms with Crippen molar-refractivity contribution in [3.63, 3.8) is 0 Å². The van der Waals surface area contributed by atoms with Crippen LogP contribution in [0.4, 0.5) is 13.2 Å². The first-order valence-electron chi connectivity index (χ1n) is 4.32. The van der Waals surface area contributed by atoms with Gasteiger partial charge in [-0.15, -0.1) is 0 Å². The van der Waals surface area contributed by atoms with E-state index < -0.39 is 28.1 Å². The van der Waals surface area contributed by atoms with Gasteiger partial charge in [-0.2, -0.15) is 28.1 Å². The zero-order chi connectivity index (χ0) is 12.2. The van der Waals surface area contributed by atoms with Gasteiger partial charge in [0.2, 0.25) is 0 Å². The van der Waals surface area contributed by atoms with Gasteiger partial charge in [0, 0.05) is 0 Å². The van der Waals surface area contributed by atoms with E-state index in [0.717, 1.165) is 12.8 Å². The van der Waals surface area contributed by atoms with Crippen molar-refractivity contribution < 1.29 is 21.6 Å². The molecule has 0 bridgehead atoms. The van der Waals surface area contributed by atoms with Crippen LogP contribution in [0.2, 0.25) is 0 Å². The van der Waals surface area contributed by atoms with Crippen LogP contribution in [0.25, 0.3) is 0 Å². The SMILES string of the molecule is Fc1nc(F)nc(F)n1.O=S1(=O)CCCC1. The number of sulfone groups is 1. The molecular formula is C7H8F3N3O2S. The quantitative estimate of drug-likeness (QED) is 0.674. The molecule has 1 aliphatic rings. The predicted molar refractivity (Wildman–Crippen MR) is 47.6 cm³/mol. The van der Waals surface area contributed by atoms with Gasteiger partial charge in [-0.3, -0.25) is 0 Å². The number of hydrogen-bond acceptors (Lipinski definition) is 5. The zero-order valence-corrected chi connectivity index (χ0v) is 8.85. The fourth-order valence-corrected chi connectivity index (χ4v) is 2.54. The molecule has 90 valence electrons. The average molecular weight is 255 g/mol. The fourth-order valence-electron chi connectivity index (χ4n) is 1.05. The normalized spacial score (nSPS) is 17.7. The highest BCUT2D eigenvalue weighted by Gasteiger charge is 2.16. The highest BCUT2D eigenvalue weighted by Crippen LogP contribution is 2.08. The lowest BCUT2D eigenvalue weighted by Gasteiger charge is -1.85. The Labute approximate surface area is 89.7 Å². The van der Waals surface area contributed by atoms with Crippen LogP contribution >= 0.6 is 0 Å². The van der Waals surface area contributed by atoms with Crippen LogP contribution in [-0.2, 0) is 9.84 Å². The molecule has 0 aliphatic carbocycles. The number of halogens is 3. The monoisotopic (exact) mass is 255 g/mol. The maximum Gasteiger partial charge on any atom is 0.316 e. The minimum atomic E-state index is -2.55. The molecule has 1 aromatic heterocycles. The van der Waals surface area contributed by atoms with Gasteiger partial charge in [-0.05, 0) is 12.8 Å². The molecule has 1 fully saturated rings. The fraction of sp³-hybridized carbons (Fsp3) is 0.571. The second kappa shape index (κ2) is 5.19. The number of rotatable bonds is 0. The van der Waals surface area contributed by atoms with E-state index in [1.807, 2.05) is 0 Å². The van der Waals surface area contributed by atoms with Gasteiger partial charge in [0.25, 0.3) is 0 Å². The standard InChI is InChI=1S/C4H8O2S.C3F3N3/c5-7(6)3-1-2-4-7;4-1-7-2(5)9-3(6)8-1/h1-4H2;. The van der Waals surface area contributed by atoms with Crippen molar-refractivity contribution in [2.24, 2.45) is 0 Å². The van der Waals surface area contributed by atoms with E-state index in [2.05, 4.69) is 15.0 Å². The summed E-state index contributed by atoms with van der Waals surface area (Å²) in [6, 6.07) is 0. The Morgan fingerprint density at radius 3 is 1.31 bits per heavy atom. The average Bonchev–Trinajstić information content (AvgIpc) is 2.48. The minimum Gasteiger partial charge on any atom is -0.229 e. The van der Waals surface area contributed by atoms with Crippen molar-refractivity contribution in [2.45, 2.75) is 12.8 Å². The van der Waals surface area contributed by atoms with E-state index in [0.29, 0.717) is 11.5 Å². The molecule has 0 spiro atoms. The molecule has 1 aliphatic heterocycles. The number of aromatic nitrogens is 3. The van der Waals surface area contributed by atoms with Crippen LogP contribution in [0.1, 0.15) is 12.8 Å². The first kappa shape index (κ1) is 12.8. The van der Waals surface area contributed by atoms with Crippen LogP contribution in [0.3, 0.4) is 0 Å². The lowest BCUT2D eigenvalue weighted by molar-refractivity contribution is 0.393. The van der Waals surface area contributed by atoms with Crippen molar-refractivity contribution in [2.75, 3.05) is 11.5 Å². The van der Waals surface area contributed by atoms with Crippen molar-refractivity contribution in [1.29, 1.82) is 0 Å². The molecule has 0 aromatic carbocycles. The number of nitrogens with zero attached hydrogens (tertiary/aromatic N) is 3. The van der Waals surface area contributed by atoms with Crippen molar-refractivity contribution in [3.8, 4) is 0 Å². The molecule has 0 N–H and O–H groups in total. The van der Waals surface area contributed by atoms with Gasteiger partial charge >= 0.3 is 18.2 Å². The van der Waals surface area contributed by atoms with Gasteiger partial charge in [0.05, 0.1) is 11.5 Å². The Hall–Kier alpha value is -1.25. The molecule has 0 atom stereocenters. The minimum absolute atomic E-state index is 0.424. The third-order valence-corrected chi connectivity index (χ3v) is 3.54. The van der Waals surface area contributed by atoms with Crippen molar-refractivity contribution >= 4 is 9.84 Å². The molecule has 9 heteroatoms. The summed E-state index contributed by atoms with van der Waals surface area (Å²) in [5.74, 6) is 0.847. The van der Waals surface area contributed by atoms with Crippen molar-refractivity contribution in [3.05, 3.63) is 18.2 Å². The smallest absolute Gasteiger partial charge is 0.229 e. The molecule has 0 amide bonds. The lowest BCUT2D eigenvalue weighted by Crippen LogP contribution is -2.00. The summed E-state index contributed by atoms with van der Waals surface area (Å²) >= 11 is 0. The molecular weight excluding hydrogens is 247 g/mol. The van der Waals surface area contributed by atoms with Gasteiger partial charge in [0.15, 0.2) is 0 Å². The highest BCUT2D eigenvalue weighted by molar-refractivity contribution is 7.91. The largest absolute Gasteiger partial charge is 0.316 e. The maximum atomic E-state index is 11.7. The Kier molecular flexibility index (Phi) is 4.16. The first-order chi connectivity index (χ1) is 7.39. The molecule has 16 heavy (non-hydrogen) atoms. The van der Waals surface area contributed by atoms with E-state index in [1.54, 1.807) is 0 Å². The zero-order valence-electron chi connectivity index (χ0n) is 8.03. The van der Waals surface area contributed by atoms with E-state index in [9.17, 15) is 21.6 Å². The van der Waals surface area contributed by atoms with Crippen LogP contribution in [-0.4, -0.2) is 34.9 Å². The second-order valence-electron chi connectivity index (χ2n) is 3.00. The number of hydrogen-bond donors (Lipinski definition) is 0. The molecule has 2 heterocycles. The van der Waals surface area contributed by atoms with Crippen LogP contribution in [0.5, 0.6) is 0 Å². The van der Waals surface area contributed by atoms with Crippen molar-refractivity contribution in [1.82, 2.24) is 15.0 Å². The van der Waals surface area contributed by atoms with E-state index >= 15 is 0 Å². The van der Waals surface area contributed by atoms with Gasteiger partial charge in [-0.25, -0.2) is 8.42 Å². The summed E-state index contributed by atoms with van der Waals surface area (Å²) in [5.41, 5.74) is 0. The molecule has 1 saturated heterocycles. The summed E-state index contributed by atoms with van der Waals surface area (Å²) in [6.07, 6.45) is -2.62. The molecule has 0 saturated carbocycles. The van der Waals surface area contributed by atoms with Gasteiger partial charge in [0.1, 0.15) is 9.84 Å². The van der Waals surface area contributed by atoms with Gasteiger partial charge in [-0.1, -0.05) is 0 Å².